The van der Waals surface area contributed by atoms with Gasteiger partial charge in [-0.25, -0.2) is 4.79 Å². The van der Waals surface area contributed by atoms with Gasteiger partial charge in [0, 0.05) is 19.5 Å². The summed E-state index contributed by atoms with van der Waals surface area (Å²) in [6.45, 7) is 6.67. The number of nitrogens with one attached hydrogen (secondary N) is 2. The fourth-order valence-electron chi connectivity index (χ4n) is 2.03. The molecule has 0 unspecified atom stereocenters. The van der Waals surface area contributed by atoms with E-state index in [0.717, 1.165) is 25.7 Å². The minimum Gasteiger partial charge on any atom is -0.493 e. The molecule has 6 nitrogen and oxygen atoms in total. The highest BCUT2D eigenvalue weighted by molar-refractivity contribution is 5.98. The Morgan fingerprint density at radius 3 is 2.39 bits per heavy atom. The standard InChI is InChI=1S/C17H26N2O4/c1-4-6-8-18-14-10-13(17(21)22)16(23-9-7-5-2)11-15(14)19-12(3)20/h10-11,18H,4-9H2,1-3H3,(H,19,20)(H,21,22). The summed E-state index contributed by atoms with van der Waals surface area (Å²) >= 11 is 0. The van der Waals surface area contributed by atoms with Gasteiger partial charge < -0.3 is 20.5 Å². The number of hydrogen-bond acceptors (Lipinski definition) is 4. The lowest BCUT2D eigenvalue weighted by atomic mass is 10.1. The SMILES string of the molecule is CCCCNc1cc(C(=O)O)c(OCCCC)cc1NC(C)=O. The molecule has 0 saturated carbocycles. The van der Waals surface area contributed by atoms with Gasteiger partial charge in [-0.3, -0.25) is 4.79 Å². The topological polar surface area (TPSA) is 87.7 Å². The maximum Gasteiger partial charge on any atom is 0.339 e. The van der Waals surface area contributed by atoms with E-state index in [0.29, 0.717) is 24.5 Å². The third-order valence-corrected chi connectivity index (χ3v) is 3.26. The van der Waals surface area contributed by atoms with Crippen LogP contribution in [0.5, 0.6) is 5.75 Å². The van der Waals surface area contributed by atoms with Crippen LogP contribution in [0.4, 0.5) is 11.4 Å². The number of rotatable bonds is 10. The number of amides is 1. The van der Waals surface area contributed by atoms with Crippen LogP contribution in [0.3, 0.4) is 0 Å². The average Bonchev–Trinajstić information content (AvgIpc) is 2.48. The molecule has 0 spiro atoms. The highest BCUT2D eigenvalue weighted by Gasteiger charge is 2.17. The van der Waals surface area contributed by atoms with Gasteiger partial charge in [-0.05, 0) is 18.9 Å². The molecule has 0 aromatic heterocycles. The smallest absolute Gasteiger partial charge is 0.339 e. The first-order valence-electron chi connectivity index (χ1n) is 8.05. The molecule has 1 rings (SSSR count). The van der Waals surface area contributed by atoms with E-state index >= 15 is 0 Å². The van der Waals surface area contributed by atoms with Crippen LogP contribution in [0.25, 0.3) is 0 Å². The molecule has 0 heterocycles. The van der Waals surface area contributed by atoms with E-state index in [1.807, 2.05) is 6.92 Å². The molecule has 0 atom stereocenters. The van der Waals surface area contributed by atoms with Crippen molar-refractivity contribution in [2.45, 2.75) is 46.5 Å². The molecule has 128 valence electrons. The molecule has 0 radical (unpaired) electrons. The first-order valence-corrected chi connectivity index (χ1v) is 8.05. The number of aromatic carboxylic acids is 1. The predicted molar refractivity (Wildman–Crippen MR) is 91.5 cm³/mol. The predicted octanol–water partition coefficient (Wildman–Crippen LogP) is 3.73. The number of unbranched alkanes of at least 4 members (excludes halogenated alkanes) is 2. The molecular weight excluding hydrogens is 296 g/mol. The van der Waals surface area contributed by atoms with E-state index in [1.165, 1.54) is 13.0 Å². The molecule has 0 aliphatic rings. The molecule has 0 bridgehead atoms. The van der Waals surface area contributed by atoms with Crippen molar-refractivity contribution >= 4 is 23.3 Å². The summed E-state index contributed by atoms with van der Waals surface area (Å²) in [7, 11) is 0. The van der Waals surface area contributed by atoms with Crippen LogP contribution in [0.2, 0.25) is 0 Å². The molecule has 23 heavy (non-hydrogen) atoms. The van der Waals surface area contributed by atoms with Gasteiger partial charge in [0.15, 0.2) is 0 Å². The minimum absolute atomic E-state index is 0.0919. The number of ether oxygens (including phenoxy) is 1. The fourth-order valence-corrected chi connectivity index (χ4v) is 2.03. The molecular formula is C17H26N2O4. The maximum atomic E-state index is 11.5. The van der Waals surface area contributed by atoms with Gasteiger partial charge in [0.25, 0.3) is 0 Å². The Kier molecular flexibility index (Phi) is 7.94. The number of benzene rings is 1. The largest absolute Gasteiger partial charge is 0.493 e. The minimum atomic E-state index is -1.05. The Labute approximate surface area is 137 Å². The zero-order chi connectivity index (χ0) is 17.2. The summed E-state index contributed by atoms with van der Waals surface area (Å²) in [5.41, 5.74) is 1.22. The van der Waals surface area contributed by atoms with Crippen molar-refractivity contribution in [2.75, 3.05) is 23.8 Å². The quantitative estimate of drug-likeness (QED) is 0.571. The maximum absolute atomic E-state index is 11.5. The van der Waals surface area contributed by atoms with Crippen LogP contribution in [0.1, 0.15) is 56.8 Å². The van der Waals surface area contributed by atoms with Crippen LogP contribution in [-0.4, -0.2) is 30.1 Å². The number of carbonyl (C=O) groups excluding carboxylic acids is 1. The van der Waals surface area contributed by atoms with Crippen molar-refractivity contribution in [1.29, 1.82) is 0 Å². The lowest BCUT2D eigenvalue weighted by Gasteiger charge is -2.16. The second-order valence-electron chi connectivity index (χ2n) is 5.36. The Morgan fingerprint density at radius 2 is 1.83 bits per heavy atom. The first kappa shape index (κ1) is 18.8. The van der Waals surface area contributed by atoms with Gasteiger partial charge in [0.1, 0.15) is 11.3 Å². The van der Waals surface area contributed by atoms with Gasteiger partial charge in [0.2, 0.25) is 5.91 Å². The molecule has 0 aliphatic heterocycles. The second-order valence-corrected chi connectivity index (χ2v) is 5.36. The van der Waals surface area contributed by atoms with E-state index in [4.69, 9.17) is 4.74 Å². The molecule has 1 amide bonds. The van der Waals surface area contributed by atoms with Crippen LogP contribution in [0.15, 0.2) is 12.1 Å². The zero-order valence-corrected chi connectivity index (χ0v) is 14.1. The van der Waals surface area contributed by atoms with Crippen molar-refractivity contribution in [3.8, 4) is 5.75 Å². The van der Waals surface area contributed by atoms with Crippen molar-refractivity contribution in [3.63, 3.8) is 0 Å². The Bertz CT molecular complexity index is 544. The van der Waals surface area contributed by atoms with Crippen LogP contribution >= 0.6 is 0 Å². The van der Waals surface area contributed by atoms with E-state index in [1.54, 1.807) is 6.07 Å². The first-order chi connectivity index (χ1) is 11.0. The summed E-state index contributed by atoms with van der Waals surface area (Å²) in [5, 5.41) is 15.3. The Morgan fingerprint density at radius 1 is 1.13 bits per heavy atom. The number of anilines is 2. The van der Waals surface area contributed by atoms with E-state index in [2.05, 4.69) is 17.6 Å². The van der Waals surface area contributed by atoms with Gasteiger partial charge in [0.05, 0.1) is 18.0 Å². The zero-order valence-electron chi connectivity index (χ0n) is 14.1. The molecule has 1 aromatic rings. The highest BCUT2D eigenvalue weighted by atomic mass is 16.5. The lowest BCUT2D eigenvalue weighted by Crippen LogP contribution is -2.13. The molecule has 3 N–H and O–H groups in total. The monoisotopic (exact) mass is 322 g/mol. The van der Waals surface area contributed by atoms with Gasteiger partial charge in [-0.15, -0.1) is 0 Å². The van der Waals surface area contributed by atoms with Crippen molar-refractivity contribution in [2.24, 2.45) is 0 Å². The second kappa shape index (κ2) is 9.71. The number of carboxylic acids is 1. The van der Waals surface area contributed by atoms with Crippen molar-refractivity contribution in [3.05, 3.63) is 17.7 Å². The average molecular weight is 322 g/mol. The van der Waals surface area contributed by atoms with Gasteiger partial charge in [-0.1, -0.05) is 26.7 Å². The van der Waals surface area contributed by atoms with E-state index in [9.17, 15) is 14.7 Å². The van der Waals surface area contributed by atoms with Crippen LogP contribution < -0.4 is 15.4 Å². The van der Waals surface area contributed by atoms with Gasteiger partial charge >= 0.3 is 5.97 Å². The summed E-state index contributed by atoms with van der Waals surface area (Å²) in [4.78, 5) is 22.9. The molecule has 1 aromatic carbocycles. The molecule has 6 heteroatoms. The number of carbonyl (C=O) groups is 2. The molecule has 0 fully saturated rings. The Hall–Kier alpha value is -2.24. The summed E-state index contributed by atoms with van der Waals surface area (Å²) in [6.07, 6.45) is 3.77. The summed E-state index contributed by atoms with van der Waals surface area (Å²) in [5.74, 6) is -0.994. The third-order valence-electron chi connectivity index (χ3n) is 3.26. The number of hydrogen-bond donors (Lipinski definition) is 3. The third kappa shape index (κ3) is 6.18. The lowest BCUT2D eigenvalue weighted by molar-refractivity contribution is -0.114. The van der Waals surface area contributed by atoms with Crippen molar-refractivity contribution < 1.29 is 19.4 Å². The summed E-state index contributed by atoms with van der Waals surface area (Å²) < 4.78 is 5.58. The fraction of sp³-hybridized carbons (Fsp3) is 0.529. The van der Waals surface area contributed by atoms with E-state index < -0.39 is 5.97 Å². The van der Waals surface area contributed by atoms with Crippen molar-refractivity contribution in [1.82, 2.24) is 0 Å². The Balaban J connectivity index is 3.13. The van der Waals surface area contributed by atoms with Crippen LogP contribution in [0, 0.1) is 0 Å². The molecule has 0 aliphatic carbocycles. The van der Waals surface area contributed by atoms with E-state index in [-0.39, 0.29) is 17.2 Å². The number of carboxylic acid groups (broad SMARTS) is 1. The van der Waals surface area contributed by atoms with Crippen LogP contribution in [-0.2, 0) is 4.79 Å². The molecule has 0 saturated heterocycles. The van der Waals surface area contributed by atoms with Gasteiger partial charge in [-0.2, -0.15) is 0 Å². The summed E-state index contributed by atoms with van der Waals surface area (Å²) in [6, 6.07) is 3.10. The normalized spacial score (nSPS) is 10.2. The highest BCUT2D eigenvalue weighted by Crippen LogP contribution is 2.32.